The number of aromatic nitrogens is 2. The van der Waals surface area contributed by atoms with Crippen LogP contribution in [0.4, 0.5) is 18.9 Å². The maximum Gasteiger partial charge on any atom is 0.418 e. The summed E-state index contributed by atoms with van der Waals surface area (Å²) in [5, 5.41) is 1.95. The van der Waals surface area contributed by atoms with Gasteiger partial charge in [-0.05, 0) is 37.3 Å². The molecule has 0 spiro atoms. The van der Waals surface area contributed by atoms with Crippen molar-refractivity contribution in [1.29, 1.82) is 0 Å². The molecule has 1 N–H and O–H groups in total. The molecule has 7 nitrogen and oxygen atoms in total. The highest BCUT2D eigenvalue weighted by Gasteiger charge is 2.34. The van der Waals surface area contributed by atoms with Crippen molar-refractivity contribution in [1.82, 2.24) is 9.13 Å². The van der Waals surface area contributed by atoms with Crippen molar-refractivity contribution in [2.45, 2.75) is 19.6 Å². The van der Waals surface area contributed by atoms with Gasteiger partial charge in [0.1, 0.15) is 12.3 Å². The average molecular weight is 468 g/mol. The van der Waals surface area contributed by atoms with Crippen molar-refractivity contribution in [2.75, 3.05) is 11.9 Å². The Hall–Kier alpha value is -3.53. The summed E-state index contributed by atoms with van der Waals surface area (Å²) in [5.41, 5.74) is -3.28. The maximum absolute atomic E-state index is 13.2. The number of carbonyl (C=O) groups is 1. The van der Waals surface area contributed by atoms with Gasteiger partial charge < -0.3 is 10.1 Å². The highest BCUT2D eigenvalue weighted by Crippen LogP contribution is 2.36. The summed E-state index contributed by atoms with van der Waals surface area (Å²) < 4.78 is 46.9. The average Bonchev–Trinajstić information content (AvgIpc) is 2.73. The summed E-state index contributed by atoms with van der Waals surface area (Å²) in [7, 11) is 0. The third-order valence-electron chi connectivity index (χ3n) is 4.36. The molecule has 3 rings (SSSR count). The monoisotopic (exact) mass is 467 g/mol. The first-order valence-corrected chi connectivity index (χ1v) is 9.70. The van der Waals surface area contributed by atoms with E-state index in [9.17, 15) is 27.6 Å². The zero-order valence-corrected chi connectivity index (χ0v) is 17.4. The number of halogens is 4. The molecular weight excluding hydrogens is 451 g/mol. The molecule has 0 saturated heterocycles. The van der Waals surface area contributed by atoms with Crippen LogP contribution in [0, 0.1) is 0 Å². The molecule has 0 unspecified atom stereocenters. The molecular formula is C21H17ClF3N3O4. The van der Waals surface area contributed by atoms with E-state index < -0.39 is 41.0 Å². The number of nitrogens with zero attached hydrogens (tertiary/aromatic N) is 2. The molecule has 32 heavy (non-hydrogen) atoms. The number of carbonyl (C=O) groups excluding carboxylic acids is 1. The van der Waals surface area contributed by atoms with E-state index in [1.54, 1.807) is 31.2 Å². The van der Waals surface area contributed by atoms with Crippen LogP contribution in [0.2, 0.25) is 5.02 Å². The van der Waals surface area contributed by atoms with Crippen molar-refractivity contribution in [3.63, 3.8) is 0 Å². The van der Waals surface area contributed by atoms with E-state index in [-0.39, 0.29) is 5.02 Å². The smallest absolute Gasteiger partial charge is 0.418 e. The quantitative estimate of drug-likeness (QED) is 0.560. The fourth-order valence-corrected chi connectivity index (χ4v) is 3.13. The Morgan fingerprint density at radius 2 is 1.81 bits per heavy atom. The van der Waals surface area contributed by atoms with Crippen molar-refractivity contribution in [2.24, 2.45) is 0 Å². The standard InChI is InChI=1S/C21H17ClF3N3O4/c1-2-32-17-6-4-3-5-16(17)28-10-9-27(19(30)20(28)31)12-18(29)26-15-8-7-13(22)11-14(15)21(23,24)25/h3-11H,2,12H2,1H3,(H,26,29). The first-order valence-electron chi connectivity index (χ1n) is 9.32. The van der Waals surface area contributed by atoms with Gasteiger partial charge in [-0.1, -0.05) is 23.7 Å². The van der Waals surface area contributed by atoms with E-state index in [0.717, 1.165) is 15.2 Å². The molecule has 0 atom stereocenters. The summed E-state index contributed by atoms with van der Waals surface area (Å²) in [6.07, 6.45) is -2.28. The lowest BCUT2D eigenvalue weighted by atomic mass is 10.1. The number of para-hydroxylation sites is 2. The van der Waals surface area contributed by atoms with Gasteiger partial charge in [0, 0.05) is 17.4 Å². The Morgan fingerprint density at radius 3 is 2.50 bits per heavy atom. The largest absolute Gasteiger partial charge is 0.492 e. The number of rotatable bonds is 6. The fourth-order valence-electron chi connectivity index (χ4n) is 2.96. The molecule has 0 aliphatic rings. The molecule has 1 amide bonds. The van der Waals surface area contributed by atoms with Crippen LogP contribution in [0.15, 0.2) is 64.4 Å². The van der Waals surface area contributed by atoms with Gasteiger partial charge in [0.25, 0.3) is 0 Å². The summed E-state index contributed by atoms with van der Waals surface area (Å²) in [4.78, 5) is 37.4. The number of anilines is 1. The molecule has 0 aliphatic carbocycles. The molecule has 3 aromatic rings. The third-order valence-corrected chi connectivity index (χ3v) is 4.59. The van der Waals surface area contributed by atoms with Crippen LogP contribution in [-0.2, 0) is 17.5 Å². The van der Waals surface area contributed by atoms with Gasteiger partial charge in [-0.3, -0.25) is 23.5 Å². The minimum absolute atomic E-state index is 0.150. The second kappa shape index (κ2) is 9.31. The predicted molar refractivity (Wildman–Crippen MR) is 113 cm³/mol. The van der Waals surface area contributed by atoms with Gasteiger partial charge in [-0.2, -0.15) is 13.2 Å². The molecule has 0 bridgehead atoms. The zero-order chi connectivity index (χ0) is 23.5. The number of amides is 1. The normalized spacial score (nSPS) is 11.3. The maximum atomic E-state index is 13.2. The van der Waals surface area contributed by atoms with Crippen LogP contribution >= 0.6 is 11.6 Å². The van der Waals surface area contributed by atoms with Gasteiger partial charge in [0.05, 0.1) is 23.5 Å². The first kappa shape index (κ1) is 23.1. The Balaban J connectivity index is 1.88. The second-order valence-corrected chi connectivity index (χ2v) is 6.98. The minimum Gasteiger partial charge on any atom is -0.492 e. The van der Waals surface area contributed by atoms with Gasteiger partial charge in [-0.15, -0.1) is 0 Å². The van der Waals surface area contributed by atoms with Gasteiger partial charge in [-0.25, -0.2) is 0 Å². The molecule has 1 heterocycles. The predicted octanol–water partition coefficient (Wildman–Crippen LogP) is 3.71. The summed E-state index contributed by atoms with van der Waals surface area (Å²) in [6.45, 7) is 1.44. The lowest BCUT2D eigenvalue weighted by Gasteiger charge is -2.15. The molecule has 0 aliphatic heterocycles. The van der Waals surface area contributed by atoms with Crippen LogP contribution in [0.5, 0.6) is 5.75 Å². The van der Waals surface area contributed by atoms with E-state index >= 15 is 0 Å². The Labute approximate surface area is 184 Å². The van der Waals surface area contributed by atoms with E-state index in [4.69, 9.17) is 16.3 Å². The Kier molecular flexibility index (Phi) is 6.73. The van der Waals surface area contributed by atoms with Crippen molar-refractivity contribution in [3.05, 3.63) is 86.2 Å². The number of hydrogen-bond acceptors (Lipinski definition) is 4. The number of hydrogen-bond donors (Lipinski definition) is 1. The topological polar surface area (TPSA) is 82.3 Å². The van der Waals surface area contributed by atoms with E-state index in [1.807, 2.05) is 0 Å². The Bertz CT molecular complexity index is 1270. The molecule has 168 valence electrons. The van der Waals surface area contributed by atoms with Crippen molar-refractivity contribution < 1.29 is 22.7 Å². The van der Waals surface area contributed by atoms with Crippen molar-refractivity contribution >= 4 is 23.2 Å². The molecule has 1 aromatic heterocycles. The van der Waals surface area contributed by atoms with E-state index in [0.29, 0.717) is 24.1 Å². The zero-order valence-electron chi connectivity index (χ0n) is 16.6. The lowest BCUT2D eigenvalue weighted by molar-refractivity contribution is -0.137. The number of ether oxygens (including phenoxy) is 1. The summed E-state index contributed by atoms with van der Waals surface area (Å²) in [6, 6.07) is 9.46. The van der Waals surface area contributed by atoms with Crippen LogP contribution < -0.4 is 21.2 Å². The highest BCUT2D eigenvalue weighted by atomic mass is 35.5. The number of benzene rings is 2. The SMILES string of the molecule is CCOc1ccccc1-n1ccn(CC(=O)Nc2ccc(Cl)cc2C(F)(F)F)c(=O)c1=O. The van der Waals surface area contributed by atoms with Crippen LogP contribution in [0.3, 0.4) is 0 Å². The highest BCUT2D eigenvalue weighted by molar-refractivity contribution is 6.30. The Morgan fingerprint density at radius 1 is 1.09 bits per heavy atom. The van der Waals surface area contributed by atoms with Crippen LogP contribution in [0.1, 0.15) is 12.5 Å². The first-order chi connectivity index (χ1) is 15.1. The second-order valence-electron chi connectivity index (χ2n) is 6.54. The summed E-state index contributed by atoms with van der Waals surface area (Å²) in [5.74, 6) is -0.541. The lowest BCUT2D eigenvalue weighted by Crippen LogP contribution is -2.41. The fraction of sp³-hybridized carbons (Fsp3) is 0.190. The van der Waals surface area contributed by atoms with E-state index in [1.165, 1.54) is 18.5 Å². The van der Waals surface area contributed by atoms with Gasteiger partial charge in [0.15, 0.2) is 0 Å². The minimum atomic E-state index is -4.75. The van der Waals surface area contributed by atoms with Crippen molar-refractivity contribution in [3.8, 4) is 11.4 Å². The van der Waals surface area contributed by atoms with E-state index in [2.05, 4.69) is 5.32 Å². The van der Waals surface area contributed by atoms with Crippen LogP contribution in [0.25, 0.3) is 5.69 Å². The molecule has 0 fully saturated rings. The molecule has 11 heteroatoms. The molecule has 0 radical (unpaired) electrons. The molecule has 2 aromatic carbocycles. The van der Waals surface area contributed by atoms with Crippen LogP contribution in [-0.4, -0.2) is 21.6 Å². The number of nitrogens with one attached hydrogen (secondary N) is 1. The molecule has 0 saturated carbocycles. The summed E-state index contributed by atoms with van der Waals surface area (Å²) >= 11 is 5.62. The van der Waals surface area contributed by atoms with Gasteiger partial charge >= 0.3 is 17.3 Å². The van der Waals surface area contributed by atoms with Gasteiger partial charge in [0.2, 0.25) is 5.91 Å². The number of alkyl halides is 3. The third kappa shape index (κ3) is 5.02.